The zero-order chi connectivity index (χ0) is 12.3. The molecule has 0 radical (unpaired) electrons. The fourth-order valence-electron chi connectivity index (χ4n) is 1.58. The monoisotopic (exact) mass is 239 g/mol. The van der Waals surface area contributed by atoms with Crippen molar-refractivity contribution in [3.63, 3.8) is 0 Å². The molecule has 0 bridgehead atoms. The van der Waals surface area contributed by atoms with Crippen LogP contribution in [0, 0.1) is 5.82 Å². The van der Waals surface area contributed by atoms with Crippen LogP contribution >= 0.6 is 0 Å². The molecule has 1 fully saturated rings. The van der Waals surface area contributed by atoms with E-state index in [9.17, 15) is 9.50 Å². The van der Waals surface area contributed by atoms with Crippen molar-refractivity contribution in [1.82, 2.24) is 5.32 Å². The summed E-state index contributed by atoms with van der Waals surface area (Å²) in [7, 11) is 0. The van der Waals surface area contributed by atoms with Crippen LogP contribution in [0.2, 0.25) is 0 Å². The van der Waals surface area contributed by atoms with Gasteiger partial charge in [-0.3, -0.25) is 0 Å². The first-order valence-electron chi connectivity index (χ1n) is 5.98. The van der Waals surface area contributed by atoms with E-state index in [1.54, 1.807) is 13.0 Å². The standard InChI is InChI=1S/C13H18FNO2/c1-9(16)8-17-13-5-2-11(14)6-10(13)7-15-12-3-4-12/h2,5-6,9,12,15-16H,3-4,7-8H2,1H3. The summed E-state index contributed by atoms with van der Waals surface area (Å²) in [4.78, 5) is 0. The molecule has 2 rings (SSSR count). The van der Waals surface area contributed by atoms with Crippen molar-refractivity contribution in [3.8, 4) is 5.75 Å². The van der Waals surface area contributed by atoms with Gasteiger partial charge in [0.15, 0.2) is 0 Å². The first-order chi connectivity index (χ1) is 8.15. The average molecular weight is 239 g/mol. The van der Waals surface area contributed by atoms with E-state index in [1.165, 1.54) is 25.0 Å². The molecule has 2 N–H and O–H groups in total. The minimum atomic E-state index is -0.524. The van der Waals surface area contributed by atoms with Crippen molar-refractivity contribution in [2.24, 2.45) is 0 Å². The van der Waals surface area contributed by atoms with Crippen LogP contribution < -0.4 is 10.1 Å². The molecule has 1 atom stereocenters. The maximum absolute atomic E-state index is 13.2. The van der Waals surface area contributed by atoms with Gasteiger partial charge in [0.25, 0.3) is 0 Å². The Bertz CT molecular complexity index is 378. The highest BCUT2D eigenvalue weighted by Crippen LogP contribution is 2.23. The van der Waals surface area contributed by atoms with E-state index >= 15 is 0 Å². The predicted octanol–water partition coefficient (Wildman–Crippen LogP) is 1.84. The molecule has 0 saturated heterocycles. The van der Waals surface area contributed by atoms with Crippen LogP contribution in [0.25, 0.3) is 0 Å². The number of nitrogens with one attached hydrogen (secondary N) is 1. The van der Waals surface area contributed by atoms with Crippen molar-refractivity contribution >= 4 is 0 Å². The number of hydrogen-bond donors (Lipinski definition) is 2. The third-order valence-corrected chi connectivity index (χ3v) is 2.66. The van der Waals surface area contributed by atoms with Gasteiger partial charge in [-0.15, -0.1) is 0 Å². The molecule has 0 amide bonds. The normalized spacial score (nSPS) is 16.9. The first kappa shape index (κ1) is 12.3. The first-order valence-corrected chi connectivity index (χ1v) is 5.98. The van der Waals surface area contributed by atoms with Crippen LogP contribution in [0.1, 0.15) is 25.3 Å². The number of aliphatic hydroxyl groups is 1. The second-order valence-electron chi connectivity index (χ2n) is 4.57. The summed E-state index contributed by atoms with van der Waals surface area (Å²) >= 11 is 0. The van der Waals surface area contributed by atoms with Crippen molar-refractivity contribution in [1.29, 1.82) is 0 Å². The molecule has 94 valence electrons. The van der Waals surface area contributed by atoms with E-state index in [4.69, 9.17) is 4.74 Å². The Morgan fingerprint density at radius 2 is 2.29 bits per heavy atom. The molecule has 1 saturated carbocycles. The molecular formula is C13H18FNO2. The zero-order valence-corrected chi connectivity index (χ0v) is 9.95. The van der Waals surface area contributed by atoms with Crippen LogP contribution in [-0.2, 0) is 6.54 Å². The van der Waals surface area contributed by atoms with Crippen LogP contribution in [0.3, 0.4) is 0 Å². The lowest BCUT2D eigenvalue weighted by atomic mass is 10.2. The van der Waals surface area contributed by atoms with Gasteiger partial charge in [0.05, 0.1) is 6.10 Å². The summed E-state index contributed by atoms with van der Waals surface area (Å²) in [5.41, 5.74) is 0.803. The molecule has 1 unspecified atom stereocenters. The third-order valence-electron chi connectivity index (χ3n) is 2.66. The zero-order valence-electron chi connectivity index (χ0n) is 9.95. The van der Waals surface area contributed by atoms with Crippen LogP contribution in [0.4, 0.5) is 4.39 Å². The fraction of sp³-hybridized carbons (Fsp3) is 0.538. The highest BCUT2D eigenvalue weighted by Gasteiger charge is 2.20. The van der Waals surface area contributed by atoms with Gasteiger partial charge in [-0.05, 0) is 38.0 Å². The molecular weight excluding hydrogens is 221 g/mol. The predicted molar refractivity (Wildman–Crippen MR) is 63.4 cm³/mol. The lowest BCUT2D eigenvalue weighted by molar-refractivity contribution is 0.122. The Hall–Kier alpha value is -1.13. The van der Waals surface area contributed by atoms with Crippen molar-refractivity contribution < 1.29 is 14.2 Å². The second kappa shape index (κ2) is 5.47. The topological polar surface area (TPSA) is 41.5 Å². The molecule has 0 aromatic heterocycles. The molecule has 0 heterocycles. The Morgan fingerprint density at radius 1 is 1.53 bits per heavy atom. The number of halogens is 1. The van der Waals surface area contributed by atoms with Gasteiger partial charge in [0, 0.05) is 18.2 Å². The molecule has 1 aliphatic rings. The van der Waals surface area contributed by atoms with Gasteiger partial charge < -0.3 is 15.2 Å². The SMILES string of the molecule is CC(O)COc1ccc(F)cc1CNC1CC1. The molecule has 0 spiro atoms. The Balaban J connectivity index is 2.00. The van der Waals surface area contributed by atoms with Crippen molar-refractivity contribution in [3.05, 3.63) is 29.6 Å². The summed E-state index contributed by atoms with van der Waals surface area (Å²) in [5.74, 6) is 0.377. The van der Waals surface area contributed by atoms with E-state index in [0.29, 0.717) is 18.3 Å². The van der Waals surface area contributed by atoms with Gasteiger partial charge in [0.1, 0.15) is 18.2 Å². The number of ether oxygens (including phenoxy) is 1. The molecule has 1 aromatic rings. The number of hydrogen-bond acceptors (Lipinski definition) is 3. The van der Waals surface area contributed by atoms with Gasteiger partial charge in [-0.2, -0.15) is 0 Å². The molecule has 17 heavy (non-hydrogen) atoms. The second-order valence-corrected chi connectivity index (χ2v) is 4.57. The minimum absolute atomic E-state index is 0.224. The van der Waals surface area contributed by atoms with Crippen LogP contribution in [0.5, 0.6) is 5.75 Å². The lowest BCUT2D eigenvalue weighted by Gasteiger charge is -2.13. The fourth-order valence-corrected chi connectivity index (χ4v) is 1.58. The van der Waals surface area contributed by atoms with E-state index in [1.807, 2.05) is 0 Å². The van der Waals surface area contributed by atoms with Crippen molar-refractivity contribution in [2.75, 3.05) is 6.61 Å². The smallest absolute Gasteiger partial charge is 0.124 e. The Labute approximate surface area is 101 Å². The lowest BCUT2D eigenvalue weighted by Crippen LogP contribution is -2.18. The molecule has 4 heteroatoms. The molecule has 0 aliphatic heterocycles. The number of benzene rings is 1. The summed E-state index contributed by atoms with van der Waals surface area (Å²) in [6, 6.07) is 5.04. The molecule has 1 aromatic carbocycles. The molecule has 3 nitrogen and oxygen atoms in total. The van der Waals surface area contributed by atoms with Gasteiger partial charge in [-0.25, -0.2) is 4.39 Å². The van der Waals surface area contributed by atoms with E-state index in [2.05, 4.69) is 5.32 Å². The summed E-state index contributed by atoms with van der Waals surface area (Å²) in [6.45, 7) is 2.49. The largest absolute Gasteiger partial charge is 0.491 e. The minimum Gasteiger partial charge on any atom is -0.491 e. The van der Waals surface area contributed by atoms with E-state index < -0.39 is 6.10 Å². The summed E-state index contributed by atoms with van der Waals surface area (Å²) < 4.78 is 18.6. The number of aliphatic hydroxyl groups excluding tert-OH is 1. The maximum Gasteiger partial charge on any atom is 0.124 e. The van der Waals surface area contributed by atoms with Gasteiger partial charge in [0.2, 0.25) is 0 Å². The Kier molecular flexibility index (Phi) is 3.97. The van der Waals surface area contributed by atoms with Gasteiger partial charge >= 0.3 is 0 Å². The molecule has 1 aliphatic carbocycles. The Morgan fingerprint density at radius 3 is 2.94 bits per heavy atom. The summed E-state index contributed by atoms with van der Waals surface area (Å²) in [6.07, 6.45) is 1.86. The highest BCUT2D eigenvalue weighted by molar-refractivity contribution is 5.34. The van der Waals surface area contributed by atoms with Crippen LogP contribution in [-0.4, -0.2) is 23.9 Å². The van der Waals surface area contributed by atoms with E-state index in [-0.39, 0.29) is 12.4 Å². The summed E-state index contributed by atoms with van der Waals surface area (Å²) in [5, 5.41) is 12.5. The van der Waals surface area contributed by atoms with Crippen molar-refractivity contribution in [2.45, 2.75) is 38.5 Å². The number of rotatable bonds is 6. The van der Waals surface area contributed by atoms with E-state index in [0.717, 1.165) is 5.56 Å². The highest BCUT2D eigenvalue weighted by atomic mass is 19.1. The van der Waals surface area contributed by atoms with Gasteiger partial charge in [-0.1, -0.05) is 0 Å². The van der Waals surface area contributed by atoms with Crippen LogP contribution in [0.15, 0.2) is 18.2 Å². The maximum atomic E-state index is 13.2. The average Bonchev–Trinajstić information content (AvgIpc) is 3.08. The quantitative estimate of drug-likeness (QED) is 0.796. The third kappa shape index (κ3) is 3.98.